The number of hydrogen-bond acceptors (Lipinski definition) is 5. The number of hydrogen-bond donors (Lipinski definition) is 0. The molecule has 2 aromatic rings. The highest BCUT2D eigenvalue weighted by Crippen LogP contribution is 2.27. The number of carbonyl (C=O) groups is 1. The SMILES string of the molecule is COc1ccc2c(c1)CCN(C(=O)[C@@H](c1cccnc1)N1CCOCC1)CC2. The standard InChI is InChI=1S/C22H27N3O3/c1-27-20-5-4-17-6-9-25(10-7-18(17)15-20)22(26)21(19-3-2-8-23-16-19)24-11-13-28-14-12-24/h2-5,8,15-16,21H,6-7,9-14H2,1H3/t21-/m1/s1. The lowest BCUT2D eigenvalue weighted by Gasteiger charge is -2.36. The molecule has 0 unspecified atom stereocenters. The number of morpholine rings is 1. The van der Waals surface area contributed by atoms with Crippen LogP contribution < -0.4 is 4.74 Å². The number of benzene rings is 1. The van der Waals surface area contributed by atoms with E-state index >= 15 is 0 Å². The second kappa shape index (κ2) is 8.71. The lowest BCUT2D eigenvalue weighted by Crippen LogP contribution is -2.47. The Bertz CT molecular complexity index is 806. The summed E-state index contributed by atoms with van der Waals surface area (Å²) >= 11 is 0. The molecule has 28 heavy (non-hydrogen) atoms. The van der Waals surface area contributed by atoms with Crippen LogP contribution in [0.25, 0.3) is 0 Å². The number of carbonyl (C=O) groups excluding carboxylic acids is 1. The van der Waals surface area contributed by atoms with Gasteiger partial charge in [0.2, 0.25) is 5.91 Å². The van der Waals surface area contributed by atoms with Gasteiger partial charge in [-0.3, -0.25) is 14.7 Å². The molecule has 3 heterocycles. The van der Waals surface area contributed by atoms with Crippen LogP contribution in [-0.2, 0) is 22.4 Å². The first-order valence-electron chi connectivity index (χ1n) is 9.92. The van der Waals surface area contributed by atoms with Gasteiger partial charge in [-0.1, -0.05) is 12.1 Å². The van der Waals surface area contributed by atoms with E-state index in [1.807, 2.05) is 29.3 Å². The average molecular weight is 381 g/mol. The summed E-state index contributed by atoms with van der Waals surface area (Å²) in [6, 6.07) is 9.84. The zero-order valence-electron chi connectivity index (χ0n) is 16.3. The van der Waals surface area contributed by atoms with Gasteiger partial charge in [0.1, 0.15) is 11.8 Å². The first-order valence-corrected chi connectivity index (χ1v) is 9.92. The summed E-state index contributed by atoms with van der Waals surface area (Å²) in [5, 5.41) is 0. The van der Waals surface area contributed by atoms with E-state index in [-0.39, 0.29) is 11.9 Å². The van der Waals surface area contributed by atoms with E-state index in [9.17, 15) is 4.79 Å². The maximum absolute atomic E-state index is 13.6. The summed E-state index contributed by atoms with van der Waals surface area (Å²) in [6.07, 6.45) is 5.28. The van der Waals surface area contributed by atoms with E-state index in [2.05, 4.69) is 22.0 Å². The Morgan fingerprint density at radius 1 is 1.11 bits per heavy atom. The second-order valence-corrected chi connectivity index (χ2v) is 7.30. The third kappa shape index (κ3) is 4.03. The lowest BCUT2D eigenvalue weighted by atomic mass is 10.0. The van der Waals surface area contributed by atoms with E-state index in [1.54, 1.807) is 13.3 Å². The van der Waals surface area contributed by atoms with E-state index in [1.165, 1.54) is 11.1 Å². The van der Waals surface area contributed by atoms with Gasteiger partial charge in [0.25, 0.3) is 0 Å². The van der Waals surface area contributed by atoms with Gasteiger partial charge in [0.15, 0.2) is 0 Å². The average Bonchev–Trinajstić information content (AvgIpc) is 2.97. The number of amides is 1. The Morgan fingerprint density at radius 3 is 2.61 bits per heavy atom. The largest absolute Gasteiger partial charge is 0.497 e. The van der Waals surface area contributed by atoms with Gasteiger partial charge in [-0.15, -0.1) is 0 Å². The van der Waals surface area contributed by atoms with Crippen molar-refractivity contribution in [2.24, 2.45) is 0 Å². The van der Waals surface area contributed by atoms with Gasteiger partial charge >= 0.3 is 0 Å². The van der Waals surface area contributed by atoms with Crippen LogP contribution >= 0.6 is 0 Å². The van der Waals surface area contributed by atoms with Gasteiger partial charge in [-0.05, 0) is 47.7 Å². The molecule has 0 N–H and O–H groups in total. The molecule has 0 spiro atoms. The predicted octanol–water partition coefficient (Wildman–Crippen LogP) is 2.09. The molecule has 1 aromatic carbocycles. The smallest absolute Gasteiger partial charge is 0.244 e. The fraction of sp³-hybridized carbons (Fsp3) is 0.455. The molecular weight excluding hydrogens is 354 g/mol. The van der Waals surface area contributed by atoms with Crippen LogP contribution in [0, 0.1) is 0 Å². The van der Waals surface area contributed by atoms with Crippen LogP contribution in [0.4, 0.5) is 0 Å². The molecule has 4 rings (SSSR count). The van der Waals surface area contributed by atoms with Crippen molar-refractivity contribution in [3.63, 3.8) is 0 Å². The van der Waals surface area contributed by atoms with Crippen LogP contribution in [0.3, 0.4) is 0 Å². The molecule has 0 bridgehead atoms. The molecule has 0 radical (unpaired) electrons. The zero-order valence-corrected chi connectivity index (χ0v) is 16.3. The molecule has 1 aromatic heterocycles. The summed E-state index contributed by atoms with van der Waals surface area (Å²) in [4.78, 5) is 22.1. The van der Waals surface area contributed by atoms with Gasteiger partial charge in [0, 0.05) is 38.6 Å². The number of methoxy groups -OCH3 is 1. The highest BCUT2D eigenvalue weighted by atomic mass is 16.5. The second-order valence-electron chi connectivity index (χ2n) is 7.30. The highest BCUT2D eigenvalue weighted by Gasteiger charge is 2.33. The molecule has 1 atom stereocenters. The molecule has 148 valence electrons. The van der Waals surface area contributed by atoms with Crippen molar-refractivity contribution < 1.29 is 14.3 Å². The van der Waals surface area contributed by atoms with Gasteiger partial charge in [0.05, 0.1) is 20.3 Å². The first-order chi connectivity index (χ1) is 13.8. The number of fused-ring (bicyclic) bond motifs is 1. The normalized spacial score (nSPS) is 18.8. The number of pyridine rings is 1. The Morgan fingerprint density at radius 2 is 1.89 bits per heavy atom. The predicted molar refractivity (Wildman–Crippen MR) is 106 cm³/mol. The Kier molecular flexibility index (Phi) is 5.88. The van der Waals surface area contributed by atoms with Crippen molar-refractivity contribution in [2.75, 3.05) is 46.5 Å². The van der Waals surface area contributed by atoms with Crippen molar-refractivity contribution in [2.45, 2.75) is 18.9 Å². The molecule has 1 fully saturated rings. The summed E-state index contributed by atoms with van der Waals surface area (Å²) in [5.41, 5.74) is 3.54. The van der Waals surface area contributed by atoms with Crippen molar-refractivity contribution in [3.8, 4) is 5.75 Å². The van der Waals surface area contributed by atoms with Crippen LogP contribution in [0.1, 0.15) is 22.7 Å². The summed E-state index contributed by atoms with van der Waals surface area (Å²) in [7, 11) is 1.69. The molecule has 0 aliphatic carbocycles. The summed E-state index contributed by atoms with van der Waals surface area (Å²) in [5.74, 6) is 1.04. The molecule has 6 heteroatoms. The number of rotatable bonds is 4. The molecule has 0 saturated carbocycles. The number of aromatic nitrogens is 1. The van der Waals surface area contributed by atoms with Crippen LogP contribution in [0.15, 0.2) is 42.7 Å². The van der Waals surface area contributed by atoms with Crippen molar-refractivity contribution in [3.05, 3.63) is 59.4 Å². The van der Waals surface area contributed by atoms with E-state index in [4.69, 9.17) is 9.47 Å². The van der Waals surface area contributed by atoms with Crippen molar-refractivity contribution >= 4 is 5.91 Å². The third-order valence-corrected chi connectivity index (χ3v) is 5.67. The van der Waals surface area contributed by atoms with Crippen LogP contribution in [-0.4, -0.2) is 67.2 Å². The molecule has 1 saturated heterocycles. The van der Waals surface area contributed by atoms with E-state index in [0.717, 1.165) is 50.3 Å². The Hall–Kier alpha value is -2.44. The molecule has 6 nitrogen and oxygen atoms in total. The number of ether oxygens (including phenoxy) is 2. The zero-order chi connectivity index (χ0) is 19.3. The Balaban J connectivity index is 1.55. The minimum atomic E-state index is -0.298. The molecule has 1 amide bonds. The lowest BCUT2D eigenvalue weighted by molar-refractivity contribution is -0.139. The van der Waals surface area contributed by atoms with Gasteiger partial charge in [-0.25, -0.2) is 0 Å². The van der Waals surface area contributed by atoms with Gasteiger partial charge in [-0.2, -0.15) is 0 Å². The maximum Gasteiger partial charge on any atom is 0.244 e. The Labute approximate surface area is 166 Å². The third-order valence-electron chi connectivity index (χ3n) is 5.67. The molecular formula is C22H27N3O3. The quantitative estimate of drug-likeness (QED) is 0.812. The molecule has 2 aliphatic rings. The first kappa shape index (κ1) is 18.9. The molecule has 2 aliphatic heterocycles. The number of nitrogens with zero attached hydrogens (tertiary/aromatic N) is 3. The maximum atomic E-state index is 13.6. The fourth-order valence-electron chi connectivity index (χ4n) is 4.10. The fourth-order valence-corrected chi connectivity index (χ4v) is 4.10. The van der Waals surface area contributed by atoms with E-state index < -0.39 is 0 Å². The van der Waals surface area contributed by atoms with Crippen molar-refractivity contribution in [1.29, 1.82) is 0 Å². The summed E-state index contributed by atoms with van der Waals surface area (Å²) in [6.45, 7) is 4.30. The van der Waals surface area contributed by atoms with Gasteiger partial charge < -0.3 is 14.4 Å². The highest BCUT2D eigenvalue weighted by molar-refractivity contribution is 5.83. The minimum absolute atomic E-state index is 0.162. The monoisotopic (exact) mass is 381 g/mol. The van der Waals surface area contributed by atoms with Crippen LogP contribution in [0.2, 0.25) is 0 Å². The minimum Gasteiger partial charge on any atom is -0.497 e. The van der Waals surface area contributed by atoms with Crippen molar-refractivity contribution in [1.82, 2.24) is 14.8 Å². The van der Waals surface area contributed by atoms with E-state index in [0.29, 0.717) is 13.2 Å². The topological polar surface area (TPSA) is 54.9 Å². The summed E-state index contributed by atoms with van der Waals surface area (Å²) < 4.78 is 10.9. The van der Waals surface area contributed by atoms with Crippen LogP contribution in [0.5, 0.6) is 5.75 Å².